The first kappa shape index (κ1) is 11.1. The Morgan fingerprint density at radius 2 is 2.33 bits per heavy atom. The maximum atomic E-state index is 5.84. The van der Waals surface area contributed by atoms with Gasteiger partial charge in [-0.05, 0) is 30.5 Å². The fourth-order valence-electron chi connectivity index (χ4n) is 1.94. The number of hydrogen-bond donors (Lipinski definition) is 1. The van der Waals surface area contributed by atoms with E-state index in [4.69, 9.17) is 10.5 Å². The fourth-order valence-corrected chi connectivity index (χ4v) is 2.66. The minimum atomic E-state index is 0.0928. The van der Waals surface area contributed by atoms with Crippen LogP contribution >= 0.6 is 15.9 Å². The summed E-state index contributed by atoms with van der Waals surface area (Å²) in [6, 6.07) is 6.50. The highest BCUT2D eigenvalue weighted by molar-refractivity contribution is 9.10. The Bertz CT molecular complexity index is 345. The van der Waals surface area contributed by atoms with Crippen molar-refractivity contribution in [2.45, 2.75) is 25.3 Å². The number of benzene rings is 1. The second-order valence-electron chi connectivity index (χ2n) is 4.13. The largest absolute Gasteiger partial charge is 0.381 e. The molecule has 0 saturated carbocycles. The van der Waals surface area contributed by atoms with Gasteiger partial charge in [-0.2, -0.15) is 0 Å². The molecule has 15 heavy (non-hydrogen) atoms. The van der Waals surface area contributed by atoms with E-state index in [1.165, 1.54) is 11.1 Å². The van der Waals surface area contributed by atoms with E-state index in [1.807, 2.05) is 6.92 Å². The van der Waals surface area contributed by atoms with Crippen molar-refractivity contribution in [3.05, 3.63) is 33.8 Å². The second-order valence-corrected chi connectivity index (χ2v) is 4.98. The van der Waals surface area contributed by atoms with E-state index in [0.29, 0.717) is 5.92 Å². The lowest BCUT2D eigenvalue weighted by molar-refractivity contribution is 0.194. The van der Waals surface area contributed by atoms with E-state index < -0.39 is 0 Å². The lowest BCUT2D eigenvalue weighted by atomic mass is 9.96. The van der Waals surface area contributed by atoms with Gasteiger partial charge in [0.1, 0.15) is 0 Å². The molecule has 2 nitrogen and oxygen atoms in total. The summed E-state index contributed by atoms with van der Waals surface area (Å²) in [5.74, 6) is 0.543. The molecular formula is C12H16BrNO. The van der Waals surface area contributed by atoms with Gasteiger partial charge in [-0.1, -0.05) is 28.1 Å². The summed E-state index contributed by atoms with van der Waals surface area (Å²) in [6.45, 7) is 3.72. The van der Waals surface area contributed by atoms with Crippen molar-refractivity contribution in [1.29, 1.82) is 0 Å². The van der Waals surface area contributed by atoms with Gasteiger partial charge in [-0.3, -0.25) is 0 Å². The third-order valence-corrected chi connectivity index (χ3v) is 3.61. The van der Waals surface area contributed by atoms with Crippen molar-refractivity contribution in [3.8, 4) is 0 Å². The van der Waals surface area contributed by atoms with Crippen molar-refractivity contribution in [2.75, 3.05) is 13.2 Å². The van der Waals surface area contributed by atoms with Gasteiger partial charge in [0.15, 0.2) is 0 Å². The molecule has 0 spiro atoms. The Morgan fingerprint density at radius 3 is 2.87 bits per heavy atom. The standard InChI is InChI=1S/C12H16BrNO/c1-8(14)9-2-3-11(12(13)6-9)10-4-5-15-7-10/h2-3,6,8,10H,4-5,7,14H2,1H3. The molecule has 1 aliphatic heterocycles. The number of nitrogens with two attached hydrogens (primary N) is 1. The molecule has 2 N–H and O–H groups in total. The number of rotatable bonds is 2. The maximum Gasteiger partial charge on any atom is 0.0535 e. The highest BCUT2D eigenvalue weighted by Crippen LogP contribution is 2.32. The number of hydrogen-bond acceptors (Lipinski definition) is 2. The molecule has 2 atom stereocenters. The summed E-state index contributed by atoms with van der Waals surface area (Å²) in [6.07, 6.45) is 1.12. The molecule has 3 heteroatoms. The Morgan fingerprint density at radius 1 is 1.53 bits per heavy atom. The van der Waals surface area contributed by atoms with E-state index in [9.17, 15) is 0 Å². The lowest BCUT2D eigenvalue weighted by Crippen LogP contribution is -2.06. The molecule has 0 radical (unpaired) electrons. The van der Waals surface area contributed by atoms with E-state index in [1.54, 1.807) is 0 Å². The molecule has 1 aliphatic rings. The molecule has 1 aromatic carbocycles. The van der Waals surface area contributed by atoms with Gasteiger partial charge in [0.05, 0.1) is 6.61 Å². The van der Waals surface area contributed by atoms with Gasteiger partial charge in [0, 0.05) is 23.0 Å². The average molecular weight is 270 g/mol. The van der Waals surface area contributed by atoms with Crippen LogP contribution in [0.4, 0.5) is 0 Å². The molecule has 2 unspecified atom stereocenters. The Balaban J connectivity index is 2.25. The molecule has 1 heterocycles. The van der Waals surface area contributed by atoms with Crippen LogP contribution in [-0.4, -0.2) is 13.2 Å². The summed E-state index contributed by atoms with van der Waals surface area (Å²) in [7, 11) is 0. The Kier molecular flexibility index (Phi) is 3.44. The van der Waals surface area contributed by atoms with Gasteiger partial charge in [-0.15, -0.1) is 0 Å². The van der Waals surface area contributed by atoms with Crippen LogP contribution in [0.2, 0.25) is 0 Å². The van der Waals surface area contributed by atoms with E-state index in [0.717, 1.165) is 24.1 Å². The summed E-state index contributed by atoms with van der Waals surface area (Å²) in [4.78, 5) is 0. The molecule has 0 aromatic heterocycles. The van der Waals surface area contributed by atoms with Crippen LogP contribution < -0.4 is 5.73 Å². The van der Waals surface area contributed by atoms with Crippen LogP contribution in [0.5, 0.6) is 0 Å². The van der Waals surface area contributed by atoms with Crippen LogP contribution in [0.25, 0.3) is 0 Å². The quantitative estimate of drug-likeness (QED) is 0.896. The second kappa shape index (κ2) is 4.64. The maximum absolute atomic E-state index is 5.84. The summed E-state index contributed by atoms with van der Waals surface area (Å²) in [5, 5.41) is 0. The Hall–Kier alpha value is -0.380. The number of halogens is 1. The molecule has 2 rings (SSSR count). The van der Waals surface area contributed by atoms with Gasteiger partial charge >= 0.3 is 0 Å². The van der Waals surface area contributed by atoms with Crippen LogP contribution in [0.3, 0.4) is 0 Å². The molecular weight excluding hydrogens is 254 g/mol. The predicted molar refractivity (Wildman–Crippen MR) is 64.9 cm³/mol. The molecule has 82 valence electrons. The SMILES string of the molecule is CC(N)c1ccc(C2CCOC2)c(Br)c1. The third kappa shape index (κ3) is 2.41. The lowest BCUT2D eigenvalue weighted by Gasteiger charge is -2.13. The average Bonchev–Trinajstić information content (AvgIpc) is 2.70. The summed E-state index contributed by atoms with van der Waals surface area (Å²) < 4.78 is 6.56. The molecule has 1 saturated heterocycles. The van der Waals surface area contributed by atoms with Crippen LogP contribution in [0, 0.1) is 0 Å². The number of ether oxygens (including phenoxy) is 1. The molecule has 1 fully saturated rings. The van der Waals surface area contributed by atoms with Crippen LogP contribution in [-0.2, 0) is 4.74 Å². The highest BCUT2D eigenvalue weighted by atomic mass is 79.9. The van der Waals surface area contributed by atoms with Crippen molar-refractivity contribution >= 4 is 15.9 Å². The zero-order valence-electron chi connectivity index (χ0n) is 8.87. The summed E-state index contributed by atoms with van der Waals surface area (Å²) in [5.41, 5.74) is 8.36. The molecule has 0 bridgehead atoms. The van der Waals surface area contributed by atoms with E-state index in [-0.39, 0.29) is 6.04 Å². The first-order valence-corrected chi connectivity index (χ1v) is 6.10. The van der Waals surface area contributed by atoms with Gasteiger partial charge in [0.2, 0.25) is 0 Å². The normalized spacial score (nSPS) is 23.0. The molecule has 1 aromatic rings. The van der Waals surface area contributed by atoms with Crippen molar-refractivity contribution in [3.63, 3.8) is 0 Å². The monoisotopic (exact) mass is 269 g/mol. The van der Waals surface area contributed by atoms with E-state index in [2.05, 4.69) is 34.1 Å². The van der Waals surface area contributed by atoms with Gasteiger partial charge in [-0.25, -0.2) is 0 Å². The minimum Gasteiger partial charge on any atom is -0.381 e. The zero-order valence-corrected chi connectivity index (χ0v) is 10.5. The zero-order chi connectivity index (χ0) is 10.8. The van der Waals surface area contributed by atoms with Crippen molar-refractivity contribution in [2.24, 2.45) is 5.73 Å². The van der Waals surface area contributed by atoms with Crippen molar-refractivity contribution in [1.82, 2.24) is 0 Å². The van der Waals surface area contributed by atoms with Gasteiger partial charge in [0.25, 0.3) is 0 Å². The van der Waals surface area contributed by atoms with Gasteiger partial charge < -0.3 is 10.5 Å². The molecule has 0 aliphatic carbocycles. The predicted octanol–water partition coefficient (Wildman–Crippen LogP) is 2.97. The van der Waals surface area contributed by atoms with Crippen LogP contribution in [0.1, 0.15) is 36.4 Å². The fraction of sp³-hybridized carbons (Fsp3) is 0.500. The summed E-state index contributed by atoms with van der Waals surface area (Å²) >= 11 is 3.61. The first-order valence-electron chi connectivity index (χ1n) is 5.31. The Labute approximate surface area is 98.9 Å². The topological polar surface area (TPSA) is 35.2 Å². The third-order valence-electron chi connectivity index (χ3n) is 2.92. The van der Waals surface area contributed by atoms with Crippen molar-refractivity contribution < 1.29 is 4.74 Å². The molecule has 0 amide bonds. The van der Waals surface area contributed by atoms with E-state index >= 15 is 0 Å². The first-order chi connectivity index (χ1) is 7.18. The highest BCUT2D eigenvalue weighted by Gasteiger charge is 2.20. The minimum absolute atomic E-state index is 0.0928. The smallest absolute Gasteiger partial charge is 0.0535 e. The van der Waals surface area contributed by atoms with Crippen LogP contribution in [0.15, 0.2) is 22.7 Å².